The monoisotopic (exact) mass is 464 g/mol. The number of rotatable bonds is 8. The Labute approximate surface area is 197 Å². The molecule has 0 bridgehead atoms. The van der Waals surface area contributed by atoms with Crippen LogP contribution in [-0.2, 0) is 23.0 Å². The molecule has 1 atom stereocenters. The van der Waals surface area contributed by atoms with Gasteiger partial charge < -0.3 is 5.32 Å². The Bertz CT molecular complexity index is 1220. The first-order valence-corrected chi connectivity index (χ1v) is 13.0. The minimum absolute atomic E-state index is 0.117. The smallest absolute Gasteiger partial charge is 0.251 e. The lowest BCUT2D eigenvalue weighted by Crippen LogP contribution is -2.29. The predicted molar refractivity (Wildman–Crippen MR) is 135 cm³/mol. The van der Waals surface area contributed by atoms with Gasteiger partial charge >= 0.3 is 0 Å². The van der Waals surface area contributed by atoms with E-state index >= 15 is 0 Å². The number of nitrogens with one attached hydrogen (secondary N) is 1. The second-order valence-electron chi connectivity index (χ2n) is 8.53. The summed E-state index contributed by atoms with van der Waals surface area (Å²) in [5.41, 5.74) is 6.42. The molecule has 3 aromatic carbocycles. The zero-order valence-corrected chi connectivity index (χ0v) is 20.7. The zero-order chi connectivity index (χ0) is 24.2. The first-order chi connectivity index (χ1) is 15.6. The summed E-state index contributed by atoms with van der Waals surface area (Å²) in [6, 6.07) is 20.8. The topological polar surface area (TPSA) is 66.5 Å². The maximum Gasteiger partial charge on any atom is 0.251 e. The number of carbonyl (C=O) groups excluding carboxylic acids is 1. The number of sulfonamides is 1. The fraction of sp³-hybridized carbons (Fsp3) is 0.296. The van der Waals surface area contributed by atoms with Gasteiger partial charge in [0.1, 0.15) is 0 Å². The standard InChI is InChI=1S/C27H32N2O3S/c1-6-22-8-12-24(13-9-22)21(4)28-27(30)25-14-10-23(11-15-25)18-29(33(5,31)32)26-16-7-19(2)20(3)17-26/h7-17,21H,6,18H2,1-5H3,(H,28,30)/t21-/m1/s1. The van der Waals surface area contributed by atoms with Gasteiger partial charge in [-0.2, -0.15) is 0 Å². The van der Waals surface area contributed by atoms with Crippen LogP contribution >= 0.6 is 0 Å². The van der Waals surface area contributed by atoms with Crippen LogP contribution < -0.4 is 9.62 Å². The number of hydrogen-bond donors (Lipinski definition) is 1. The fourth-order valence-corrected chi connectivity index (χ4v) is 4.49. The highest BCUT2D eigenvalue weighted by molar-refractivity contribution is 7.92. The first-order valence-electron chi connectivity index (χ1n) is 11.1. The van der Waals surface area contributed by atoms with E-state index in [0.717, 1.165) is 28.7 Å². The summed E-state index contributed by atoms with van der Waals surface area (Å²) in [4.78, 5) is 12.7. The molecule has 33 heavy (non-hydrogen) atoms. The number of aryl methyl sites for hydroxylation is 3. The quantitative estimate of drug-likeness (QED) is 0.490. The summed E-state index contributed by atoms with van der Waals surface area (Å²) in [7, 11) is -3.47. The van der Waals surface area contributed by atoms with Gasteiger partial charge in [0, 0.05) is 5.56 Å². The van der Waals surface area contributed by atoms with Crippen molar-refractivity contribution in [3.8, 4) is 0 Å². The molecule has 0 saturated heterocycles. The molecule has 0 aromatic heterocycles. The van der Waals surface area contributed by atoms with Crippen molar-refractivity contribution in [1.82, 2.24) is 5.32 Å². The van der Waals surface area contributed by atoms with Gasteiger partial charge in [-0.15, -0.1) is 0 Å². The Morgan fingerprint density at radius 2 is 1.52 bits per heavy atom. The number of benzene rings is 3. The first kappa shape index (κ1) is 24.5. The molecule has 174 valence electrons. The summed E-state index contributed by atoms with van der Waals surface area (Å²) in [5.74, 6) is -0.164. The second-order valence-corrected chi connectivity index (χ2v) is 10.4. The Morgan fingerprint density at radius 3 is 2.06 bits per heavy atom. The van der Waals surface area contributed by atoms with Gasteiger partial charge in [0.25, 0.3) is 5.91 Å². The van der Waals surface area contributed by atoms with Gasteiger partial charge in [0.15, 0.2) is 0 Å². The van der Waals surface area contributed by atoms with Gasteiger partial charge in [-0.25, -0.2) is 8.42 Å². The molecule has 1 N–H and O–H groups in total. The van der Waals surface area contributed by atoms with Crippen LogP contribution in [0.25, 0.3) is 0 Å². The molecule has 0 spiro atoms. The van der Waals surface area contributed by atoms with E-state index in [1.807, 2.05) is 51.1 Å². The lowest BCUT2D eigenvalue weighted by molar-refractivity contribution is 0.0940. The fourth-order valence-electron chi connectivity index (χ4n) is 3.61. The molecule has 0 aliphatic rings. The lowest BCUT2D eigenvalue weighted by Gasteiger charge is -2.23. The highest BCUT2D eigenvalue weighted by atomic mass is 32.2. The SMILES string of the molecule is CCc1ccc([C@@H](C)NC(=O)c2ccc(CN(c3ccc(C)c(C)c3)S(C)(=O)=O)cc2)cc1. The van der Waals surface area contributed by atoms with Gasteiger partial charge in [-0.1, -0.05) is 49.4 Å². The molecule has 0 saturated carbocycles. The molecule has 6 heteroatoms. The van der Waals surface area contributed by atoms with Crippen LogP contribution in [0.3, 0.4) is 0 Å². The molecule has 0 heterocycles. The van der Waals surface area contributed by atoms with Gasteiger partial charge in [0.05, 0.1) is 24.5 Å². The van der Waals surface area contributed by atoms with E-state index in [-0.39, 0.29) is 18.5 Å². The van der Waals surface area contributed by atoms with Crippen LogP contribution in [0, 0.1) is 13.8 Å². The van der Waals surface area contributed by atoms with Crippen LogP contribution in [0.5, 0.6) is 0 Å². The van der Waals surface area contributed by atoms with E-state index < -0.39 is 10.0 Å². The molecule has 0 radical (unpaired) electrons. The average molecular weight is 465 g/mol. The third-order valence-electron chi connectivity index (χ3n) is 5.96. The molecule has 0 aliphatic carbocycles. The highest BCUT2D eigenvalue weighted by Crippen LogP contribution is 2.24. The average Bonchev–Trinajstić information content (AvgIpc) is 2.79. The van der Waals surface area contributed by atoms with Crippen molar-refractivity contribution in [3.63, 3.8) is 0 Å². The van der Waals surface area contributed by atoms with Crippen molar-refractivity contribution >= 4 is 21.6 Å². The van der Waals surface area contributed by atoms with Crippen molar-refractivity contribution < 1.29 is 13.2 Å². The Kier molecular flexibility index (Phi) is 7.59. The van der Waals surface area contributed by atoms with Gasteiger partial charge in [-0.05, 0) is 79.3 Å². The number of hydrogen-bond acceptors (Lipinski definition) is 3. The van der Waals surface area contributed by atoms with Gasteiger partial charge in [0.2, 0.25) is 10.0 Å². The minimum atomic E-state index is -3.47. The number of nitrogens with zero attached hydrogens (tertiary/aromatic N) is 1. The predicted octanol–water partition coefficient (Wildman–Crippen LogP) is 5.32. The second kappa shape index (κ2) is 10.2. The van der Waals surface area contributed by atoms with Crippen molar-refractivity contribution in [3.05, 3.63) is 100 Å². The van der Waals surface area contributed by atoms with Crippen molar-refractivity contribution in [1.29, 1.82) is 0 Å². The zero-order valence-electron chi connectivity index (χ0n) is 19.9. The molecule has 0 fully saturated rings. The van der Waals surface area contributed by atoms with Crippen LogP contribution in [-0.4, -0.2) is 20.6 Å². The van der Waals surface area contributed by atoms with E-state index in [4.69, 9.17) is 0 Å². The largest absolute Gasteiger partial charge is 0.346 e. The molecular formula is C27H32N2O3S. The molecular weight excluding hydrogens is 432 g/mol. The lowest BCUT2D eigenvalue weighted by atomic mass is 10.0. The molecule has 5 nitrogen and oxygen atoms in total. The number of carbonyl (C=O) groups is 1. The van der Waals surface area contributed by atoms with Crippen molar-refractivity contribution in [2.45, 2.75) is 46.7 Å². The van der Waals surface area contributed by atoms with Crippen LogP contribution in [0.1, 0.15) is 58.1 Å². The molecule has 3 aromatic rings. The minimum Gasteiger partial charge on any atom is -0.346 e. The van der Waals surface area contributed by atoms with E-state index in [9.17, 15) is 13.2 Å². The maximum absolute atomic E-state index is 12.7. The van der Waals surface area contributed by atoms with Crippen LogP contribution in [0.2, 0.25) is 0 Å². The molecule has 3 rings (SSSR count). The summed E-state index contributed by atoms with van der Waals surface area (Å²) >= 11 is 0. The Morgan fingerprint density at radius 1 is 0.909 bits per heavy atom. The molecule has 1 amide bonds. The van der Waals surface area contributed by atoms with Crippen molar-refractivity contribution in [2.75, 3.05) is 10.6 Å². The maximum atomic E-state index is 12.7. The molecule has 0 aliphatic heterocycles. The summed E-state index contributed by atoms with van der Waals surface area (Å²) < 4.78 is 26.3. The van der Waals surface area contributed by atoms with Crippen molar-refractivity contribution in [2.24, 2.45) is 0 Å². The van der Waals surface area contributed by atoms with Crippen LogP contribution in [0.15, 0.2) is 66.7 Å². The third kappa shape index (κ3) is 6.23. The summed E-state index contributed by atoms with van der Waals surface area (Å²) in [5, 5.41) is 3.03. The van der Waals surface area contributed by atoms with E-state index in [0.29, 0.717) is 11.3 Å². The normalized spacial score (nSPS) is 12.3. The number of anilines is 1. The number of amides is 1. The molecule has 0 unspecified atom stereocenters. The van der Waals surface area contributed by atoms with E-state index in [1.165, 1.54) is 16.1 Å². The Hall–Kier alpha value is -3.12. The van der Waals surface area contributed by atoms with Crippen LogP contribution in [0.4, 0.5) is 5.69 Å². The highest BCUT2D eigenvalue weighted by Gasteiger charge is 2.19. The van der Waals surface area contributed by atoms with E-state index in [2.05, 4.69) is 24.4 Å². The Balaban J connectivity index is 1.72. The third-order valence-corrected chi connectivity index (χ3v) is 7.10. The summed E-state index contributed by atoms with van der Waals surface area (Å²) in [6.07, 6.45) is 2.19. The summed E-state index contributed by atoms with van der Waals surface area (Å²) in [6.45, 7) is 8.23. The van der Waals surface area contributed by atoms with Gasteiger partial charge in [-0.3, -0.25) is 9.10 Å². The van der Waals surface area contributed by atoms with E-state index in [1.54, 1.807) is 24.3 Å².